The van der Waals surface area contributed by atoms with Crippen LogP contribution in [0.2, 0.25) is 5.02 Å². The molecule has 0 bridgehead atoms. The van der Waals surface area contributed by atoms with Crippen molar-refractivity contribution in [1.82, 2.24) is 4.98 Å². The fraction of sp³-hybridized carbons (Fsp3) is 0.167. The molecule has 0 radical (unpaired) electrons. The van der Waals surface area contributed by atoms with Crippen LogP contribution in [0.1, 0.15) is 12.0 Å². The fourth-order valence-electron chi connectivity index (χ4n) is 0.693. The number of aromatic amines is 1. The van der Waals surface area contributed by atoms with E-state index in [0.29, 0.717) is 0 Å². The first-order valence-corrected chi connectivity index (χ1v) is 4.34. The van der Waals surface area contributed by atoms with Crippen molar-refractivity contribution >= 4 is 34.2 Å². The van der Waals surface area contributed by atoms with Crippen molar-refractivity contribution in [2.24, 2.45) is 0 Å². The van der Waals surface area contributed by atoms with Crippen LogP contribution in [0.25, 0.3) is 0 Å². The van der Waals surface area contributed by atoms with Crippen LogP contribution in [0, 0.1) is 3.57 Å². The van der Waals surface area contributed by atoms with E-state index in [1.807, 2.05) is 0 Å². The Morgan fingerprint density at radius 3 is 2.58 bits per heavy atom. The summed E-state index contributed by atoms with van der Waals surface area (Å²) in [6.07, 6.45) is -1.60. The summed E-state index contributed by atoms with van der Waals surface area (Å²) in [4.78, 5) is 13.0. The molecule has 1 N–H and O–H groups in total. The average Bonchev–Trinajstić information content (AvgIpc) is 1.97. The molecule has 0 spiro atoms. The van der Waals surface area contributed by atoms with Gasteiger partial charge in [0.1, 0.15) is 0 Å². The number of pyridine rings is 1. The molecule has 0 saturated carbocycles. The summed E-state index contributed by atoms with van der Waals surface area (Å²) >= 11 is 7.13. The highest BCUT2D eigenvalue weighted by atomic mass is 127. The Labute approximate surface area is 85.1 Å². The first-order chi connectivity index (χ1) is 5.54. The largest absolute Gasteiger partial charge is 0.327 e. The Morgan fingerprint density at radius 1 is 1.58 bits per heavy atom. The van der Waals surface area contributed by atoms with Crippen molar-refractivity contribution < 1.29 is 8.78 Å². The summed E-state index contributed by atoms with van der Waals surface area (Å²) < 4.78 is 24.5. The van der Waals surface area contributed by atoms with Gasteiger partial charge < -0.3 is 4.98 Å². The van der Waals surface area contributed by atoms with Gasteiger partial charge >= 0.3 is 0 Å². The highest BCUT2D eigenvalue weighted by Gasteiger charge is 2.17. The Hall–Kier alpha value is -0.170. The Bertz CT molecular complexity index is 352. The zero-order valence-electron chi connectivity index (χ0n) is 5.57. The molecule has 1 aromatic heterocycles. The molecule has 0 aliphatic carbocycles. The van der Waals surface area contributed by atoms with Crippen molar-refractivity contribution in [2.45, 2.75) is 6.43 Å². The number of alkyl halides is 2. The summed E-state index contributed by atoms with van der Waals surface area (Å²) in [6, 6.07) is 0. The van der Waals surface area contributed by atoms with Gasteiger partial charge in [-0.05, 0) is 22.6 Å². The molecular weight excluding hydrogens is 302 g/mol. The van der Waals surface area contributed by atoms with E-state index >= 15 is 0 Å². The molecule has 0 amide bonds. The molecule has 1 aromatic rings. The van der Waals surface area contributed by atoms with E-state index in [-0.39, 0.29) is 8.59 Å². The third-order valence-corrected chi connectivity index (χ3v) is 3.02. The van der Waals surface area contributed by atoms with E-state index < -0.39 is 17.5 Å². The highest BCUT2D eigenvalue weighted by Crippen LogP contribution is 2.25. The summed E-state index contributed by atoms with van der Waals surface area (Å²) in [7, 11) is 0. The van der Waals surface area contributed by atoms with Crippen molar-refractivity contribution in [1.29, 1.82) is 0 Å². The standard InChI is InChI=1S/C6H3ClF2INO/c7-2-1-11-6(12)3(4(2)10)5(8)9/h1,5H,(H,11,12). The Balaban J connectivity index is 3.43. The van der Waals surface area contributed by atoms with E-state index in [4.69, 9.17) is 11.6 Å². The number of aromatic nitrogens is 1. The average molecular weight is 305 g/mol. The van der Waals surface area contributed by atoms with Gasteiger partial charge in [-0.1, -0.05) is 11.6 Å². The Kier molecular flexibility index (Phi) is 3.05. The molecule has 0 fully saturated rings. The fourth-order valence-corrected chi connectivity index (χ4v) is 1.49. The van der Waals surface area contributed by atoms with Crippen LogP contribution in [0.15, 0.2) is 11.0 Å². The van der Waals surface area contributed by atoms with Gasteiger partial charge in [0.25, 0.3) is 12.0 Å². The van der Waals surface area contributed by atoms with Crippen LogP contribution in [0.5, 0.6) is 0 Å². The topological polar surface area (TPSA) is 32.9 Å². The normalized spacial score (nSPS) is 10.8. The van der Waals surface area contributed by atoms with Crippen LogP contribution in [0.4, 0.5) is 8.78 Å². The predicted octanol–water partition coefficient (Wildman–Crippen LogP) is 2.57. The molecule has 1 rings (SSSR count). The predicted molar refractivity (Wildman–Crippen MR) is 49.7 cm³/mol. The van der Waals surface area contributed by atoms with E-state index in [0.717, 1.165) is 0 Å². The third kappa shape index (κ3) is 1.77. The van der Waals surface area contributed by atoms with Gasteiger partial charge in [-0.3, -0.25) is 4.79 Å². The van der Waals surface area contributed by atoms with Gasteiger partial charge in [-0.15, -0.1) is 0 Å². The molecule has 2 nitrogen and oxygen atoms in total. The lowest BCUT2D eigenvalue weighted by atomic mass is 10.3. The molecule has 12 heavy (non-hydrogen) atoms. The second-order valence-corrected chi connectivity index (χ2v) is 3.48. The van der Waals surface area contributed by atoms with E-state index in [1.165, 1.54) is 6.20 Å². The van der Waals surface area contributed by atoms with E-state index in [2.05, 4.69) is 4.98 Å². The van der Waals surface area contributed by atoms with Crippen molar-refractivity contribution in [3.63, 3.8) is 0 Å². The van der Waals surface area contributed by atoms with Gasteiger partial charge in [-0.2, -0.15) is 0 Å². The minimum atomic E-state index is -2.79. The van der Waals surface area contributed by atoms with Crippen molar-refractivity contribution in [3.05, 3.63) is 30.7 Å². The lowest BCUT2D eigenvalue weighted by molar-refractivity contribution is 0.148. The first-order valence-electron chi connectivity index (χ1n) is 2.88. The number of hydrogen-bond donors (Lipinski definition) is 1. The smallest absolute Gasteiger partial charge is 0.270 e. The lowest BCUT2D eigenvalue weighted by Gasteiger charge is -2.02. The highest BCUT2D eigenvalue weighted by molar-refractivity contribution is 14.1. The molecule has 6 heteroatoms. The molecule has 0 unspecified atom stereocenters. The minimum Gasteiger partial charge on any atom is -0.327 e. The number of rotatable bonds is 1. The molecular formula is C6H3ClF2INO. The lowest BCUT2D eigenvalue weighted by Crippen LogP contribution is -2.14. The number of nitrogens with one attached hydrogen (secondary N) is 1. The van der Waals surface area contributed by atoms with Gasteiger partial charge in [0.05, 0.1) is 10.6 Å². The van der Waals surface area contributed by atoms with Crippen molar-refractivity contribution in [3.8, 4) is 0 Å². The van der Waals surface area contributed by atoms with Gasteiger partial charge in [0.15, 0.2) is 0 Å². The summed E-state index contributed by atoms with van der Waals surface area (Å²) in [5.41, 5.74) is -1.36. The maximum absolute atomic E-state index is 12.2. The van der Waals surface area contributed by atoms with E-state index in [1.54, 1.807) is 22.6 Å². The zero-order valence-corrected chi connectivity index (χ0v) is 8.49. The Morgan fingerprint density at radius 2 is 2.17 bits per heavy atom. The molecule has 66 valence electrons. The number of H-pyrrole nitrogens is 1. The zero-order chi connectivity index (χ0) is 9.30. The summed E-state index contributed by atoms with van der Waals surface area (Å²) in [5, 5.41) is 0.130. The maximum atomic E-state index is 12.2. The van der Waals surface area contributed by atoms with Crippen LogP contribution < -0.4 is 5.56 Å². The number of hydrogen-bond acceptors (Lipinski definition) is 1. The molecule has 0 saturated heterocycles. The maximum Gasteiger partial charge on any atom is 0.270 e. The molecule has 1 heterocycles. The molecule has 0 aliphatic heterocycles. The molecule has 0 aliphatic rings. The second-order valence-electron chi connectivity index (χ2n) is 1.99. The summed E-state index contributed by atoms with van der Waals surface area (Å²) in [6.45, 7) is 0. The van der Waals surface area contributed by atoms with Gasteiger partial charge in [0.2, 0.25) is 0 Å². The van der Waals surface area contributed by atoms with Crippen molar-refractivity contribution in [2.75, 3.05) is 0 Å². The first kappa shape index (κ1) is 9.91. The second kappa shape index (κ2) is 3.69. The SMILES string of the molecule is O=c1[nH]cc(Cl)c(I)c1C(F)F. The van der Waals surface area contributed by atoms with Crippen LogP contribution in [0.3, 0.4) is 0 Å². The van der Waals surface area contributed by atoms with E-state index in [9.17, 15) is 13.6 Å². The quantitative estimate of drug-likeness (QED) is 0.795. The van der Waals surface area contributed by atoms with Gasteiger partial charge in [-0.25, -0.2) is 8.78 Å². The minimum absolute atomic E-state index is 0.105. The number of halogens is 4. The van der Waals surface area contributed by atoms with Gasteiger partial charge in [0, 0.05) is 9.77 Å². The van der Waals surface area contributed by atoms with Crippen LogP contribution in [-0.2, 0) is 0 Å². The molecule has 0 aromatic carbocycles. The van der Waals surface area contributed by atoms with Crippen LogP contribution in [-0.4, -0.2) is 4.98 Å². The van der Waals surface area contributed by atoms with Crippen LogP contribution >= 0.6 is 34.2 Å². The third-order valence-electron chi connectivity index (χ3n) is 1.24. The monoisotopic (exact) mass is 305 g/mol. The summed E-state index contributed by atoms with van der Waals surface area (Å²) in [5.74, 6) is 0. The molecule has 0 atom stereocenters.